The van der Waals surface area contributed by atoms with Gasteiger partial charge in [0.15, 0.2) is 0 Å². The minimum atomic E-state index is 0.405. The van der Waals surface area contributed by atoms with Gasteiger partial charge in [-0.15, -0.1) is 0 Å². The van der Waals surface area contributed by atoms with Gasteiger partial charge >= 0.3 is 0 Å². The van der Waals surface area contributed by atoms with Crippen molar-refractivity contribution in [1.29, 1.82) is 0 Å². The molecule has 0 saturated heterocycles. The zero-order chi connectivity index (χ0) is 18.8. The molecule has 6 heteroatoms. The summed E-state index contributed by atoms with van der Waals surface area (Å²) in [6, 6.07) is 14.7. The van der Waals surface area contributed by atoms with Gasteiger partial charge in [0, 0.05) is 11.1 Å². The maximum Gasteiger partial charge on any atom is 0.211 e. The van der Waals surface area contributed by atoms with E-state index in [9.17, 15) is 9.59 Å². The van der Waals surface area contributed by atoms with Crippen molar-refractivity contribution < 1.29 is 19.1 Å². The molecule has 2 rings (SSSR count). The molecule has 0 fully saturated rings. The molecule has 0 aromatic heterocycles. The van der Waals surface area contributed by atoms with Crippen LogP contribution in [0.15, 0.2) is 59.9 Å². The van der Waals surface area contributed by atoms with Gasteiger partial charge in [-0.2, -0.15) is 0 Å². The Kier molecular flexibility index (Phi) is 7.00. The fraction of sp³-hybridized carbons (Fsp3) is 0.100. The van der Waals surface area contributed by atoms with E-state index in [1.807, 2.05) is 36.4 Å². The highest BCUT2D eigenvalue weighted by Gasteiger charge is 2.09. The molecule has 2 aromatic carbocycles. The molecule has 0 bridgehead atoms. The third kappa shape index (κ3) is 4.73. The first kappa shape index (κ1) is 18.8. The van der Waals surface area contributed by atoms with Crippen molar-refractivity contribution >= 4 is 25.0 Å². The summed E-state index contributed by atoms with van der Waals surface area (Å²) in [5.74, 6) is 1.28. The lowest BCUT2D eigenvalue weighted by Crippen LogP contribution is -2.21. The normalized spacial score (nSPS) is 11.5. The summed E-state index contributed by atoms with van der Waals surface area (Å²) >= 11 is 0. The van der Waals surface area contributed by atoms with Crippen molar-refractivity contribution in [3.8, 4) is 11.5 Å². The van der Waals surface area contributed by atoms with E-state index in [2.05, 4.69) is 10.6 Å². The van der Waals surface area contributed by atoms with E-state index in [0.29, 0.717) is 35.7 Å². The third-order valence-electron chi connectivity index (χ3n) is 3.60. The van der Waals surface area contributed by atoms with E-state index >= 15 is 0 Å². The fourth-order valence-electron chi connectivity index (χ4n) is 2.40. The molecular formula is C20H20N2O4. The van der Waals surface area contributed by atoms with Crippen LogP contribution < -0.4 is 20.1 Å². The van der Waals surface area contributed by atoms with Crippen LogP contribution in [-0.4, -0.2) is 27.0 Å². The number of hydrogen-bond donors (Lipinski definition) is 2. The van der Waals surface area contributed by atoms with Crippen molar-refractivity contribution in [2.45, 2.75) is 0 Å². The Morgan fingerprint density at radius 3 is 1.46 bits per heavy atom. The first-order valence-corrected chi connectivity index (χ1v) is 7.83. The monoisotopic (exact) mass is 352 g/mol. The van der Waals surface area contributed by atoms with Crippen LogP contribution in [0.3, 0.4) is 0 Å². The molecule has 2 N–H and O–H groups in total. The minimum absolute atomic E-state index is 0.405. The van der Waals surface area contributed by atoms with E-state index in [-0.39, 0.29) is 0 Å². The number of benzene rings is 2. The second-order valence-electron chi connectivity index (χ2n) is 5.12. The quantitative estimate of drug-likeness (QED) is 0.537. The maximum atomic E-state index is 11.1. The highest BCUT2D eigenvalue weighted by Crippen LogP contribution is 2.24. The third-order valence-corrected chi connectivity index (χ3v) is 3.60. The largest absolute Gasteiger partial charge is 0.496 e. The Hall–Kier alpha value is -3.54. The van der Waals surface area contributed by atoms with Gasteiger partial charge in [0.25, 0.3) is 0 Å². The summed E-state index contributed by atoms with van der Waals surface area (Å²) in [6.45, 7) is 0. The molecule has 0 saturated carbocycles. The SMILES string of the molecule is COc1ccccc1/C=C(NC=O)\C(=C/c1ccccc1OC)NC=O. The fourth-order valence-corrected chi connectivity index (χ4v) is 2.40. The molecule has 0 spiro atoms. The van der Waals surface area contributed by atoms with Crippen molar-refractivity contribution in [2.24, 2.45) is 0 Å². The van der Waals surface area contributed by atoms with Crippen LogP contribution in [0.5, 0.6) is 11.5 Å². The average Bonchev–Trinajstić information content (AvgIpc) is 2.68. The van der Waals surface area contributed by atoms with Crippen molar-refractivity contribution in [3.05, 3.63) is 71.1 Å². The number of amides is 2. The van der Waals surface area contributed by atoms with Gasteiger partial charge in [0.1, 0.15) is 11.5 Å². The van der Waals surface area contributed by atoms with Crippen LogP contribution in [0.4, 0.5) is 0 Å². The van der Waals surface area contributed by atoms with Gasteiger partial charge in [0.2, 0.25) is 12.8 Å². The lowest BCUT2D eigenvalue weighted by atomic mass is 10.1. The maximum absolute atomic E-state index is 11.1. The molecular weight excluding hydrogens is 332 g/mol. The second-order valence-corrected chi connectivity index (χ2v) is 5.12. The molecule has 2 amide bonds. The van der Waals surface area contributed by atoms with Gasteiger partial charge < -0.3 is 20.1 Å². The lowest BCUT2D eigenvalue weighted by molar-refractivity contribution is -0.110. The van der Waals surface area contributed by atoms with E-state index in [1.165, 1.54) is 0 Å². The van der Waals surface area contributed by atoms with Crippen LogP contribution >= 0.6 is 0 Å². The zero-order valence-electron chi connectivity index (χ0n) is 14.6. The molecule has 0 unspecified atom stereocenters. The predicted molar refractivity (Wildman–Crippen MR) is 100 cm³/mol. The van der Waals surface area contributed by atoms with E-state index in [0.717, 1.165) is 11.1 Å². The number of para-hydroxylation sites is 2. The Morgan fingerprint density at radius 2 is 1.12 bits per heavy atom. The molecule has 0 atom stereocenters. The Balaban J connectivity index is 2.55. The van der Waals surface area contributed by atoms with Gasteiger partial charge in [-0.1, -0.05) is 36.4 Å². The first-order valence-electron chi connectivity index (χ1n) is 7.83. The first-order chi connectivity index (χ1) is 12.7. The van der Waals surface area contributed by atoms with Crippen LogP contribution in [0.2, 0.25) is 0 Å². The summed E-state index contributed by atoms with van der Waals surface area (Å²) in [6.07, 6.45) is 4.52. The summed E-state index contributed by atoms with van der Waals surface area (Å²) in [5, 5.41) is 5.24. The minimum Gasteiger partial charge on any atom is -0.496 e. The summed E-state index contributed by atoms with van der Waals surface area (Å²) in [4.78, 5) is 22.2. The molecule has 134 valence electrons. The molecule has 6 nitrogen and oxygen atoms in total. The van der Waals surface area contributed by atoms with Crippen molar-refractivity contribution in [2.75, 3.05) is 14.2 Å². The van der Waals surface area contributed by atoms with Gasteiger partial charge in [0.05, 0.1) is 25.6 Å². The summed E-state index contributed by atoms with van der Waals surface area (Å²) < 4.78 is 10.7. The zero-order valence-corrected chi connectivity index (χ0v) is 14.6. The predicted octanol–water partition coefficient (Wildman–Crippen LogP) is 2.58. The van der Waals surface area contributed by atoms with E-state index in [1.54, 1.807) is 38.5 Å². The average molecular weight is 352 g/mol. The van der Waals surface area contributed by atoms with Crippen molar-refractivity contribution in [3.63, 3.8) is 0 Å². The number of carbonyl (C=O) groups excluding carboxylic acids is 2. The Morgan fingerprint density at radius 1 is 0.731 bits per heavy atom. The highest BCUT2D eigenvalue weighted by atomic mass is 16.5. The molecule has 0 radical (unpaired) electrons. The number of methoxy groups -OCH3 is 2. The van der Waals surface area contributed by atoms with Gasteiger partial charge in [-0.3, -0.25) is 9.59 Å². The van der Waals surface area contributed by atoms with E-state index < -0.39 is 0 Å². The standard InChI is InChI=1S/C20H20N2O4/c1-25-19-9-5-3-7-15(19)11-17(21-13-23)18(22-14-24)12-16-8-4-6-10-20(16)26-2/h3-14H,1-2H3,(H,21,23)(H,22,24)/b17-11+,18-12+. The number of nitrogens with one attached hydrogen (secondary N) is 2. The van der Waals surface area contributed by atoms with Gasteiger partial charge in [-0.05, 0) is 24.3 Å². The van der Waals surface area contributed by atoms with Crippen LogP contribution in [-0.2, 0) is 9.59 Å². The number of carbonyl (C=O) groups is 2. The smallest absolute Gasteiger partial charge is 0.211 e. The summed E-state index contributed by atoms with van der Waals surface area (Å²) in [7, 11) is 3.13. The summed E-state index contributed by atoms with van der Waals surface area (Å²) in [5.41, 5.74) is 2.31. The second kappa shape index (κ2) is 9.68. The molecule has 2 aromatic rings. The van der Waals surface area contributed by atoms with Crippen LogP contribution in [0, 0.1) is 0 Å². The Bertz CT molecular complexity index is 759. The molecule has 0 aliphatic rings. The number of rotatable bonds is 9. The topological polar surface area (TPSA) is 76.7 Å². The van der Waals surface area contributed by atoms with Gasteiger partial charge in [-0.25, -0.2) is 0 Å². The Labute approximate surface area is 152 Å². The molecule has 0 aliphatic heterocycles. The molecule has 26 heavy (non-hydrogen) atoms. The molecule has 0 aliphatic carbocycles. The molecule has 0 heterocycles. The lowest BCUT2D eigenvalue weighted by Gasteiger charge is -2.13. The van der Waals surface area contributed by atoms with Crippen LogP contribution in [0.1, 0.15) is 11.1 Å². The number of ether oxygens (including phenoxy) is 2. The van der Waals surface area contributed by atoms with Crippen LogP contribution in [0.25, 0.3) is 12.2 Å². The van der Waals surface area contributed by atoms with Crippen molar-refractivity contribution in [1.82, 2.24) is 10.6 Å². The van der Waals surface area contributed by atoms with E-state index in [4.69, 9.17) is 9.47 Å². The highest BCUT2D eigenvalue weighted by molar-refractivity contribution is 5.74. The number of hydrogen-bond acceptors (Lipinski definition) is 4.